The molecule has 0 aliphatic rings. The van der Waals surface area contributed by atoms with E-state index in [2.05, 4.69) is 132 Å². The molecule has 1 N–H and O–H groups in total. The van der Waals surface area contributed by atoms with E-state index in [0.29, 0.717) is 12.2 Å². The summed E-state index contributed by atoms with van der Waals surface area (Å²) < 4.78 is 0. The van der Waals surface area contributed by atoms with Gasteiger partial charge in [-0.25, -0.2) is 19.9 Å². The first-order valence-electron chi connectivity index (χ1n) is 22.4. The number of aryl methyl sites for hydroxylation is 2. The van der Waals surface area contributed by atoms with E-state index in [9.17, 15) is 4.79 Å². The second-order valence-electron chi connectivity index (χ2n) is 15.9. The molecule has 0 atom stereocenters. The van der Waals surface area contributed by atoms with E-state index in [1.165, 1.54) is 16.7 Å². The molecular formula is C56H50N10OS2. The van der Waals surface area contributed by atoms with Crippen molar-refractivity contribution in [2.45, 2.75) is 46.6 Å². The van der Waals surface area contributed by atoms with Crippen molar-refractivity contribution < 1.29 is 4.79 Å². The van der Waals surface area contributed by atoms with Gasteiger partial charge in [0.05, 0.1) is 49.6 Å². The van der Waals surface area contributed by atoms with Crippen LogP contribution in [0.3, 0.4) is 0 Å². The Morgan fingerprint density at radius 2 is 0.870 bits per heavy atom. The summed E-state index contributed by atoms with van der Waals surface area (Å²) in [6, 6.07) is 52.3. The van der Waals surface area contributed by atoms with Gasteiger partial charge >= 0.3 is 0 Å². The molecule has 0 saturated heterocycles. The number of rotatable bonds is 15. The standard InChI is InChI=1S/C28H25N5S.C16H12N2OS.C12H13N3/c1-21-11-13-22(14-12-21)27-17-31-28(34-27)26-10-6-9-25(32-26)20-33(18-23-7-2-4-15-29-23)19-24-8-3-5-16-30-24;1-11-5-7-12(8-6-11)15-9-17-16(20-15)14-4-2-3-13(10-19)18-14;1-3-7-14-11(5-1)9-13-10-12-6-2-4-8-15-12/h2-17H,18-20H2,1H3;2-10H,1H3;1-8,13H,9-10H2. The van der Waals surface area contributed by atoms with Gasteiger partial charge in [-0.15, -0.1) is 22.7 Å². The Morgan fingerprint density at radius 3 is 1.32 bits per heavy atom. The summed E-state index contributed by atoms with van der Waals surface area (Å²) in [7, 11) is 0. The Bertz CT molecular complexity index is 3020. The zero-order valence-electron chi connectivity index (χ0n) is 38.3. The van der Waals surface area contributed by atoms with Crippen LogP contribution in [0.25, 0.3) is 42.3 Å². The first-order chi connectivity index (χ1) is 33.9. The zero-order chi connectivity index (χ0) is 47.5. The predicted octanol–water partition coefficient (Wildman–Crippen LogP) is 11.9. The Balaban J connectivity index is 0.000000155. The van der Waals surface area contributed by atoms with E-state index in [4.69, 9.17) is 4.98 Å². The van der Waals surface area contributed by atoms with Gasteiger partial charge in [-0.1, -0.05) is 96.1 Å². The van der Waals surface area contributed by atoms with Crippen molar-refractivity contribution in [2.75, 3.05) is 0 Å². The van der Waals surface area contributed by atoms with Crippen LogP contribution in [-0.4, -0.2) is 51.1 Å². The third-order valence-corrected chi connectivity index (χ3v) is 12.6. The molecule has 342 valence electrons. The summed E-state index contributed by atoms with van der Waals surface area (Å²) in [6.07, 6.45) is 11.8. The maximum atomic E-state index is 10.8. The van der Waals surface area contributed by atoms with Crippen molar-refractivity contribution in [2.24, 2.45) is 0 Å². The highest BCUT2D eigenvalue weighted by Crippen LogP contribution is 2.33. The number of carbonyl (C=O) groups is 1. The minimum atomic E-state index is 0.426. The number of benzene rings is 2. The summed E-state index contributed by atoms with van der Waals surface area (Å²) in [5.74, 6) is 0. The van der Waals surface area contributed by atoms with E-state index in [1.54, 1.807) is 41.1 Å². The van der Waals surface area contributed by atoms with Crippen LogP contribution < -0.4 is 5.32 Å². The molecule has 10 aromatic rings. The number of carbonyl (C=O) groups excluding carboxylic acids is 1. The van der Waals surface area contributed by atoms with E-state index < -0.39 is 0 Å². The van der Waals surface area contributed by atoms with Gasteiger partial charge in [0.1, 0.15) is 15.7 Å². The van der Waals surface area contributed by atoms with Crippen molar-refractivity contribution in [3.63, 3.8) is 0 Å². The number of nitrogens with one attached hydrogen (secondary N) is 1. The van der Waals surface area contributed by atoms with Gasteiger partial charge in [0, 0.05) is 69.9 Å². The smallest absolute Gasteiger partial charge is 0.168 e. The molecule has 0 aliphatic carbocycles. The minimum absolute atomic E-state index is 0.426. The summed E-state index contributed by atoms with van der Waals surface area (Å²) in [5.41, 5.74) is 12.0. The van der Waals surface area contributed by atoms with Crippen molar-refractivity contribution in [1.29, 1.82) is 0 Å². The fraction of sp³-hybridized carbons (Fsp3) is 0.125. The lowest BCUT2D eigenvalue weighted by Crippen LogP contribution is -2.24. The average Bonchev–Trinajstić information content (AvgIpc) is 4.11. The lowest BCUT2D eigenvalue weighted by molar-refractivity contribution is 0.111. The molecule has 0 bridgehead atoms. The molecular weight excluding hydrogens is 893 g/mol. The molecule has 69 heavy (non-hydrogen) atoms. The molecule has 13 heteroatoms. The van der Waals surface area contributed by atoms with Crippen LogP contribution in [0.2, 0.25) is 0 Å². The van der Waals surface area contributed by atoms with Gasteiger partial charge in [0.15, 0.2) is 6.29 Å². The van der Waals surface area contributed by atoms with Crippen LogP contribution in [0.4, 0.5) is 0 Å². The molecule has 0 amide bonds. The van der Waals surface area contributed by atoms with E-state index in [0.717, 1.165) is 97.7 Å². The van der Waals surface area contributed by atoms with Crippen molar-refractivity contribution in [3.8, 4) is 42.3 Å². The number of thiazole rings is 2. The largest absolute Gasteiger partial charge is 0.306 e. The third kappa shape index (κ3) is 14.6. The molecule has 10 rings (SSSR count). The van der Waals surface area contributed by atoms with Crippen LogP contribution in [0.1, 0.15) is 50.1 Å². The molecule has 8 aromatic heterocycles. The lowest BCUT2D eigenvalue weighted by Gasteiger charge is -2.21. The maximum absolute atomic E-state index is 10.8. The first kappa shape index (κ1) is 47.7. The van der Waals surface area contributed by atoms with Crippen molar-refractivity contribution >= 4 is 29.0 Å². The molecule has 0 unspecified atom stereocenters. The lowest BCUT2D eigenvalue weighted by atomic mass is 10.1. The number of hydrogen-bond acceptors (Lipinski definition) is 13. The van der Waals surface area contributed by atoms with Crippen LogP contribution in [0.15, 0.2) is 195 Å². The highest BCUT2D eigenvalue weighted by atomic mass is 32.1. The molecule has 0 fully saturated rings. The molecule has 0 saturated carbocycles. The highest BCUT2D eigenvalue weighted by molar-refractivity contribution is 7.18. The monoisotopic (exact) mass is 942 g/mol. The Morgan fingerprint density at radius 1 is 0.449 bits per heavy atom. The van der Waals surface area contributed by atoms with E-state index in [1.807, 2.05) is 104 Å². The summed E-state index contributed by atoms with van der Waals surface area (Å²) in [6.45, 7) is 7.85. The highest BCUT2D eigenvalue weighted by Gasteiger charge is 2.14. The normalized spacial score (nSPS) is 10.7. The van der Waals surface area contributed by atoms with Gasteiger partial charge < -0.3 is 5.32 Å². The number of hydrogen-bond donors (Lipinski definition) is 1. The van der Waals surface area contributed by atoms with Crippen molar-refractivity contribution in [1.82, 2.24) is 50.1 Å². The zero-order valence-corrected chi connectivity index (χ0v) is 40.0. The van der Waals surface area contributed by atoms with Gasteiger partial charge in [0.2, 0.25) is 0 Å². The average molecular weight is 943 g/mol. The van der Waals surface area contributed by atoms with Gasteiger partial charge in [0.25, 0.3) is 0 Å². The molecule has 0 aliphatic heterocycles. The van der Waals surface area contributed by atoms with E-state index >= 15 is 0 Å². The second kappa shape index (κ2) is 24.8. The van der Waals surface area contributed by atoms with Crippen LogP contribution in [0.5, 0.6) is 0 Å². The molecule has 0 radical (unpaired) electrons. The summed E-state index contributed by atoms with van der Waals surface area (Å²) in [4.78, 5) is 51.1. The topological polar surface area (TPSA) is 135 Å². The van der Waals surface area contributed by atoms with Crippen LogP contribution >= 0.6 is 22.7 Å². The quantitative estimate of drug-likeness (QED) is 0.0984. The van der Waals surface area contributed by atoms with Gasteiger partial charge in [-0.2, -0.15) is 0 Å². The second-order valence-corrected chi connectivity index (χ2v) is 18.0. The van der Waals surface area contributed by atoms with Gasteiger partial charge in [-0.05, 0) is 97.8 Å². The third-order valence-electron chi connectivity index (χ3n) is 10.5. The van der Waals surface area contributed by atoms with Crippen LogP contribution in [0, 0.1) is 13.8 Å². The number of aromatic nitrogens is 8. The van der Waals surface area contributed by atoms with Gasteiger partial charge in [-0.3, -0.25) is 29.6 Å². The Hall–Kier alpha value is -7.81. The molecule has 11 nitrogen and oxygen atoms in total. The summed E-state index contributed by atoms with van der Waals surface area (Å²) >= 11 is 3.25. The van der Waals surface area contributed by atoms with E-state index in [-0.39, 0.29) is 0 Å². The Labute approximate surface area is 410 Å². The summed E-state index contributed by atoms with van der Waals surface area (Å²) in [5, 5.41) is 5.05. The number of pyridine rings is 6. The molecule has 0 spiro atoms. The Kier molecular flexibility index (Phi) is 17.1. The molecule has 8 heterocycles. The maximum Gasteiger partial charge on any atom is 0.168 e. The fourth-order valence-corrected chi connectivity index (χ4v) is 8.76. The van der Waals surface area contributed by atoms with Crippen LogP contribution in [-0.2, 0) is 32.7 Å². The number of nitrogens with zero attached hydrogens (tertiary/aromatic N) is 9. The first-order valence-corrected chi connectivity index (χ1v) is 24.0. The SMILES string of the molecule is Cc1ccc(-c2cnc(-c3cccc(C=O)n3)s2)cc1.Cc1ccc(-c2cnc(-c3cccc(CN(Cc4ccccn4)Cc4ccccn4)n3)s2)cc1.c1ccc(CNCc2ccccn2)nc1. The number of aldehydes is 1. The van der Waals surface area contributed by atoms with Crippen molar-refractivity contribution in [3.05, 3.63) is 240 Å². The predicted molar refractivity (Wildman–Crippen MR) is 277 cm³/mol. The fourth-order valence-electron chi connectivity index (χ4n) is 6.97. The minimum Gasteiger partial charge on any atom is -0.306 e. The molecule has 2 aromatic carbocycles.